The van der Waals surface area contributed by atoms with Gasteiger partial charge in [0.25, 0.3) is 6.02 Å². The van der Waals surface area contributed by atoms with Gasteiger partial charge in [-0.3, -0.25) is 15.2 Å². The van der Waals surface area contributed by atoms with Crippen molar-refractivity contribution in [1.29, 1.82) is 0 Å². The number of hydrogen-bond acceptors (Lipinski definition) is 9. The van der Waals surface area contributed by atoms with Gasteiger partial charge < -0.3 is 25.1 Å². The van der Waals surface area contributed by atoms with Crippen molar-refractivity contribution in [3.63, 3.8) is 0 Å². The number of nitrogens with zero attached hydrogens (tertiary/aromatic N) is 3. The summed E-state index contributed by atoms with van der Waals surface area (Å²) < 4.78 is 16.4. The van der Waals surface area contributed by atoms with E-state index in [-0.39, 0.29) is 37.8 Å². The molecule has 0 aliphatic carbocycles. The van der Waals surface area contributed by atoms with Crippen LogP contribution in [0.15, 0.2) is 51.6 Å². The van der Waals surface area contributed by atoms with E-state index in [1.54, 1.807) is 7.11 Å². The number of nitrogens with one attached hydrogen (secondary N) is 1. The number of benzene rings is 1. The topological polar surface area (TPSA) is 148 Å². The molecule has 0 bridgehead atoms. The molecule has 11 nitrogen and oxygen atoms in total. The number of aliphatic hydroxyl groups excluding tert-OH is 1. The number of carbonyl (C=O) groups is 2. The van der Waals surface area contributed by atoms with Crippen LogP contribution in [-0.4, -0.2) is 73.5 Å². The molecule has 2 aliphatic rings. The monoisotopic (exact) mass is 585 g/mol. The van der Waals surface area contributed by atoms with Crippen molar-refractivity contribution >= 4 is 24.0 Å². The highest BCUT2D eigenvalue weighted by Crippen LogP contribution is 2.34. The van der Waals surface area contributed by atoms with Crippen LogP contribution in [0.4, 0.5) is 4.79 Å². The third-order valence-corrected chi connectivity index (χ3v) is 7.31. The van der Waals surface area contributed by atoms with Crippen molar-refractivity contribution in [3.8, 4) is 0 Å². The molecule has 3 rings (SSSR count). The summed E-state index contributed by atoms with van der Waals surface area (Å²) in [4.78, 5) is 36.1. The minimum atomic E-state index is -0.663. The number of ether oxygens (including phenoxy) is 3. The fraction of sp³-hybridized carbons (Fsp3) is 0.613. The van der Waals surface area contributed by atoms with Gasteiger partial charge in [0.15, 0.2) is 5.96 Å². The first kappa shape index (κ1) is 32.9. The molecule has 232 valence electrons. The van der Waals surface area contributed by atoms with E-state index >= 15 is 0 Å². The van der Waals surface area contributed by atoms with Crippen molar-refractivity contribution < 1.29 is 28.9 Å². The fourth-order valence-corrected chi connectivity index (χ4v) is 5.14. The maximum absolute atomic E-state index is 13.3. The van der Waals surface area contributed by atoms with Crippen molar-refractivity contribution in [2.24, 2.45) is 15.7 Å². The Morgan fingerprint density at radius 3 is 2.52 bits per heavy atom. The summed E-state index contributed by atoms with van der Waals surface area (Å²) in [6.45, 7) is 1.84. The number of fused-ring (bicyclic) bond motifs is 1. The van der Waals surface area contributed by atoms with E-state index in [0.717, 1.165) is 82.0 Å². The van der Waals surface area contributed by atoms with Gasteiger partial charge in [-0.05, 0) is 44.1 Å². The lowest BCUT2D eigenvalue weighted by Crippen LogP contribution is -2.38. The molecule has 0 aromatic heterocycles. The Bertz CT molecular complexity index is 1070. The number of esters is 1. The minimum absolute atomic E-state index is 0.0136. The van der Waals surface area contributed by atoms with E-state index in [4.69, 9.17) is 30.0 Å². The SMILES string of the molecule is COC1=N[C@H](CCCCCCCCCO)C(C(=O)OCCCCN=C(N)NC(=O)OCc2ccccc2)=C2CCCN12. The van der Waals surface area contributed by atoms with Gasteiger partial charge in [-0.1, -0.05) is 68.9 Å². The molecular weight excluding hydrogens is 538 g/mol. The zero-order valence-corrected chi connectivity index (χ0v) is 24.9. The number of unbranched alkanes of at least 4 members (excludes halogenated alkanes) is 7. The maximum atomic E-state index is 13.3. The van der Waals surface area contributed by atoms with Gasteiger partial charge in [0, 0.05) is 25.4 Å². The lowest BCUT2D eigenvalue weighted by atomic mass is 9.96. The molecule has 1 atom stereocenters. The van der Waals surface area contributed by atoms with Crippen LogP contribution in [0.25, 0.3) is 0 Å². The highest BCUT2D eigenvalue weighted by Gasteiger charge is 2.37. The van der Waals surface area contributed by atoms with Crippen LogP contribution in [0.2, 0.25) is 0 Å². The molecule has 0 unspecified atom stereocenters. The molecular formula is C31H47N5O6. The summed E-state index contributed by atoms with van der Waals surface area (Å²) in [6, 6.07) is 9.68. The predicted octanol–water partition coefficient (Wildman–Crippen LogP) is 4.40. The lowest BCUT2D eigenvalue weighted by molar-refractivity contribution is -0.139. The number of amides is 1. The van der Waals surface area contributed by atoms with E-state index in [0.29, 0.717) is 31.0 Å². The van der Waals surface area contributed by atoms with Gasteiger partial charge in [0.05, 0.1) is 25.3 Å². The van der Waals surface area contributed by atoms with Crippen molar-refractivity contribution in [2.45, 2.75) is 89.7 Å². The molecule has 0 radical (unpaired) electrons. The number of allylic oxidation sites excluding steroid dienone is 1. The molecule has 1 amide bonds. The highest BCUT2D eigenvalue weighted by molar-refractivity contribution is 5.94. The smallest absolute Gasteiger partial charge is 0.414 e. The maximum Gasteiger partial charge on any atom is 0.414 e. The Morgan fingerprint density at radius 2 is 1.79 bits per heavy atom. The molecule has 11 heteroatoms. The summed E-state index contributed by atoms with van der Waals surface area (Å²) in [5.41, 5.74) is 8.30. The summed E-state index contributed by atoms with van der Waals surface area (Å²) in [6.07, 6.45) is 10.6. The van der Waals surface area contributed by atoms with Crippen LogP contribution in [0, 0.1) is 0 Å². The molecule has 1 aromatic rings. The zero-order valence-electron chi connectivity index (χ0n) is 24.9. The molecule has 4 N–H and O–H groups in total. The summed E-state index contributed by atoms with van der Waals surface area (Å²) in [7, 11) is 1.62. The third-order valence-electron chi connectivity index (χ3n) is 7.31. The van der Waals surface area contributed by atoms with E-state index < -0.39 is 6.09 Å². The van der Waals surface area contributed by atoms with Crippen LogP contribution in [0.3, 0.4) is 0 Å². The number of aliphatic hydroxyl groups is 1. The number of guanidine groups is 1. The third kappa shape index (κ3) is 11.0. The second-order valence-corrected chi connectivity index (χ2v) is 10.5. The van der Waals surface area contributed by atoms with E-state index in [2.05, 4.69) is 10.3 Å². The first-order valence-electron chi connectivity index (χ1n) is 15.2. The van der Waals surface area contributed by atoms with Crippen LogP contribution >= 0.6 is 0 Å². The van der Waals surface area contributed by atoms with E-state index in [1.165, 1.54) is 0 Å². The Morgan fingerprint density at radius 1 is 1.05 bits per heavy atom. The molecule has 0 spiro atoms. The largest absolute Gasteiger partial charge is 0.468 e. The quantitative estimate of drug-likeness (QED) is 0.105. The van der Waals surface area contributed by atoms with Crippen LogP contribution < -0.4 is 11.1 Å². The summed E-state index contributed by atoms with van der Waals surface area (Å²) >= 11 is 0. The summed E-state index contributed by atoms with van der Waals surface area (Å²) in [5, 5.41) is 11.3. The van der Waals surface area contributed by atoms with Gasteiger partial charge in [0.2, 0.25) is 0 Å². The molecule has 1 saturated heterocycles. The average molecular weight is 586 g/mol. The Kier molecular flexibility index (Phi) is 14.7. The number of methoxy groups -OCH3 is 1. The molecule has 1 fully saturated rings. The predicted molar refractivity (Wildman–Crippen MR) is 162 cm³/mol. The first-order chi connectivity index (χ1) is 20.5. The number of aliphatic imine (C=N–C) groups is 2. The second-order valence-electron chi connectivity index (χ2n) is 10.5. The minimum Gasteiger partial charge on any atom is -0.468 e. The number of alkyl carbamates (subject to hydrolysis) is 1. The van der Waals surface area contributed by atoms with Gasteiger partial charge in [0.1, 0.15) is 6.61 Å². The van der Waals surface area contributed by atoms with Crippen molar-refractivity contribution in [3.05, 3.63) is 47.2 Å². The fourth-order valence-electron chi connectivity index (χ4n) is 5.14. The Hall–Kier alpha value is -3.60. The Labute approximate surface area is 249 Å². The van der Waals surface area contributed by atoms with E-state index in [1.807, 2.05) is 35.2 Å². The van der Waals surface area contributed by atoms with Gasteiger partial charge >= 0.3 is 12.1 Å². The number of hydrogen-bond donors (Lipinski definition) is 3. The van der Waals surface area contributed by atoms with Crippen LogP contribution in [0.1, 0.15) is 82.6 Å². The molecule has 42 heavy (non-hydrogen) atoms. The molecule has 0 saturated carbocycles. The summed E-state index contributed by atoms with van der Waals surface area (Å²) in [5.74, 6) is -0.323. The number of amidine groups is 1. The zero-order chi connectivity index (χ0) is 30.0. The standard InChI is InChI=1S/C31H47N5O6/c1-40-30-34-25(17-10-5-3-2-4-6-12-21-37)27(26-18-14-20-36(26)30)28(38)41-22-13-11-19-33-29(32)35-31(39)42-23-24-15-8-7-9-16-24/h7-9,15-16,25,37H,2-6,10-14,17-23H2,1H3,(H3,32,33,35,39)/t25-/m1/s1. The van der Waals surface area contributed by atoms with Crippen LogP contribution in [0.5, 0.6) is 0 Å². The van der Waals surface area contributed by atoms with E-state index in [9.17, 15) is 9.59 Å². The van der Waals surface area contributed by atoms with Crippen molar-refractivity contribution in [1.82, 2.24) is 10.2 Å². The lowest BCUT2D eigenvalue weighted by Gasteiger charge is -2.30. The second kappa shape index (κ2) is 18.8. The number of nitrogens with two attached hydrogens (primary N) is 1. The number of carbonyl (C=O) groups excluding carboxylic acids is 2. The highest BCUT2D eigenvalue weighted by atomic mass is 16.5. The molecule has 2 aliphatic heterocycles. The Balaban J connectivity index is 1.40. The van der Waals surface area contributed by atoms with Crippen LogP contribution in [-0.2, 0) is 25.6 Å². The van der Waals surface area contributed by atoms with Gasteiger partial charge in [-0.2, -0.15) is 0 Å². The van der Waals surface area contributed by atoms with Gasteiger partial charge in [-0.15, -0.1) is 0 Å². The molecule has 2 heterocycles. The normalized spacial score (nSPS) is 16.6. The number of rotatable bonds is 17. The van der Waals surface area contributed by atoms with Crippen molar-refractivity contribution in [2.75, 3.05) is 33.4 Å². The van der Waals surface area contributed by atoms with Gasteiger partial charge in [-0.25, -0.2) is 14.6 Å². The molecule has 1 aromatic carbocycles. The first-order valence-corrected chi connectivity index (χ1v) is 15.2. The average Bonchev–Trinajstić information content (AvgIpc) is 3.49.